The molecule has 0 radical (unpaired) electrons. The van der Waals surface area contributed by atoms with Crippen molar-refractivity contribution in [1.29, 1.82) is 0 Å². The Balaban J connectivity index is 2.25. The van der Waals surface area contributed by atoms with Gasteiger partial charge in [0, 0.05) is 12.0 Å². The maximum atomic E-state index is 11.6. The van der Waals surface area contributed by atoms with Crippen LogP contribution in [0.25, 0.3) is 0 Å². The summed E-state index contributed by atoms with van der Waals surface area (Å²) in [5.41, 5.74) is 0.538. The van der Waals surface area contributed by atoms with Gasteiger partial charge in [-0.05, 0) is 38.0 Å². The Morgan fingerprint density at radius 1 is 1.40 bits per heavy atom. The Kier molecular flexibility index (Phi) is 4.88. The van der Waals surface area contributed by atoms with Crippen molar-refractivity contribution in [2.24, 2.45) is 5.41 Å². The minimum atomic E-state index is -0.306. The molecule has 112 valence electrons. The van der Waals surface area contributed by atoms with Crippen molar-refractivity contribution in [3.05, 3.63) is 16.1 Å². The summed E-state index contributed by atoms with van der Waals surface area (Å²) in [6.07, 6.45) is 4.17. The van der Waals surface area contributed by atoms with E-state index in [1.165, 1.54) is 11.3 Å². The van der Waals surface area contributed by atoms with Crippen LogP contribution in [0.15, 0.2) is 5.38 Å². The van der Waals surface area contributed by atoms with Crippen LogP contribution in [0.5, 0.6) is 0 Å². The number of carbonyl (C=O) groups excluding carboxylic acids is 1. The molecule has 1 heterocycles. The third-order valence-electron chi connectivity index (χ3n) is 4.13. The third kappa shape index (κ3) is 3.23. The summed E-state index contributed by atoms with van der Waals surface area (Å²) < 4.78 is 6.08. The van der Waals surface area contributed by atoms with Crippen LogP contribution in [-0.4, -0.2) is 23.3 Å². The maximum absolute atomic E-state index is 11.6. The van der Waals surface area contributed by atoms with Gasteiger partial charge >= 0.3 is 0 Å². The lowest BCUT2D eigenvalue weighted by molar-refractivity contribution is -0.0890. The molecule has 0 spiro atoms. The van der Waals surface area contributed by atoms with E-state index >= 15 is 0 Å². The van der Waals surface area contributed by atoms with E-state index in [9.17, 15) is 4.79 Å². The van der Waals surface area contributed by atoms with E-state index in [0.717, 1.165) is 30.7 Å². The van der Waals surface area contributed by atoms with Gasteiger partial charge in [0.2, 0.25) is 0 Å². The number of rotatable bonds is 5. The number of nitrogens with zero attached hydrogens (tertiary/aromatic N) is 1. The van der Waals surface area contributed by atoms with Crippen LogP contribution in [0, 0.1) is 5.41 Å². The first-order valence-corrected chi connectivity index (χ1v) is 8.53. The summed E-state index contributed by atoms with van der Waals surface area (Å²) in [6.45, 7) is 7.28. The van der Waals surface area contributed by atoms with Gasteiger partial charge in [-0.1, -0.05) is 13.8 Å². The highest BCUT2D eigenvalue weighted by molar-refractivity contribution is 7.10. The number of hydrogen-bond acceptors (Lipinski definition) is 4. The zero-order valence-electron chi connectivity index (χ0n) is 12.4. The second-order valence-corrected chi connectivity index (χ2v) is 7.31. The van der Waals surface area contributed by atoms with Crippen molar-refractivity contribution in [2.45, 2.75) is 52.1 Å². The highest BCUT2D eigenvalue weighted by Gasteiger charge is 2.42. The largest absolute Gasteiger partial charge is 0.368 e. The number of thiazole rings is 1. The summed E-state index contributed by atoms with van der Waals surface area (Å²) in [5, 5.41) is 2.74. The number of ketones is 1. The molecule has 1 saturated carbocycles. The minimum absolute atomic E-state index is 0.0160. The number of Topliss-reactive ketones (excluding diaryl/α,β-unsaturated/α-hetero) is 1. The van der Waals surface area contributed by atoms with E-state index in [2.05, 4.69) is 18.8 Å². The Bertz CT molecular complexity index is 474. The zero-order valence-corrected chi connectivity index (χ0v) is 13.9. The van der Waals surface area contributed by atoms with Crippen LogP contribution in [0.2, 0.25) is 0 Å². The molecular weight excluding hydrogens is 294 g/mol. The Hall–Kier alpha value is -0.450. The highest BCUT2D eigenvalue weighted by atomic mass is 35.5. The lowest BCUT2D eigenvalue weighted by atomic mass is 9.71. The average Bonchev–Trinajstić information content (AvgIpc) is 2.91. The van der Waals surface area contributed by atoms with Gasteiger partial charge in [0.1, 0.15) is 16.3 Å². The number of halogens is 1. The van der Waals surface area contributed by atoms with Gasteiger partial charge in [0.15, 0.2) is 5.78 Å². The van der Waals surface area contributed by atoms with Gasteiger partial charge < -0.3 is 4.74 Å². The van der Waals surface area contributed by atoms with E-state index in [1.54, 1.807) is 5.38 Å². The second-order valence-electron chi connectivity index (χ2n) is 6.19. The molecule has 0 saturated heterocycles. The molecule has 1 aliphatic rings. The van der Waals surface area contributed by atoms with Gasteiger partial charge in [-0.15, -0.1) is 22.9 Å². The summed E-state index contributed by atoms with van der Waals surface area (Å²) in [7, 11) is 0. The maximum Gasteiger partial charge on any atom is 0.196 e. The zero-order chi connectivity index (χ0) is 14.8. The number of carbonyl (C=O) groups is 1. The molecule has 1 fully saturated rings. The van der Waals surface area contributed by atoms with Crippen molar-refractivity contribution in [1.82, 2.24) is 4.98 Å². The van der Waals surface area contributed by atoms with Gasteiger partial charge in [-0.25, -0.2) is 4.98 Å². The summed E-state index contributed by atoms with van der Waals surface area (Å²) in [6, 6.07) is 0. The van der Waals surface area contributed by atoms with Gasteiger partial charge in [0.05, 0.1) is 5.88 Å². The molecule has 0 atom stereocenters. The summed E-state index contributed by atoms with van der Waals surface area (Å²) >= 11 is 7.12. The van der Waals surface area contributed by atoms with E-state index in [4.69, 9.17) is 16.3 Å². The van der Waals surface area contributed by atoms with Gasteiger partial charge in [-0.2, -0.15) is 0 Å². The quantitative estimate of drug-likeness (QED) is 0.597. The average molecular weight is 316 g/mol. The molecule has 0 N–H and O–H groups in total. The third-order valence-corrected chi connectivity index (χ3v) is 5.40. The van der Waals surface area contributed by atoms with Crippen LogP contribution in [0.4, 0.5) is 0 Å². The molecule has 20 heavy (non-hydrogen) atoms. The van der Waals surface area contributed by atoms with Gasteiger partial charge in [0.25, 0.3) is 0 Å². The van der Waals surface area contributed by atoms with Crippen LogP contribution in [0.3, 0.4) is 0 Å². The standard InChI is InChI=1S/C15H22ClNO2S/c1-4-19-15(7-5-14(2,3)6-8-15)13-17-11(10-20-13)12(18)9-16/h10H,4-9H2,1-3H3. The fraction of sp³-hybridized carbons (Fsp3) is 0.733. The fourth-order valence-corrected chi connectivity index (χ4v) is 3.88. The van der Waals surface area contributed by atoms with E-state index < -0.39 is 0 Å². The fourth-order valence-electron chi connectivity index (χ4n) is 2.71. The molecule has 1 aromatic heterocycles. The number of alkyl halides is 1. The van der Waals surface area contributed by atoms with Crippen LogP contribution in [0.1, 0.15) is 62.0 Å². The van der Waals surface area contributed by atoms with Crippen molar-refractivity contribution >= 4 is 28.7 Å². The smallest absolute Gasteiger partial charge is 0.196 e. The van der Waals surface area contributed by atoms with Crippen LogP contribution < -0.4 is 0 Å². The predicted molar refractivity (Wildman–Crippen MR) is 82.7 cm³/mol. The number of hydrogen-bond donors (Lipinski definition) is 0. The number of aromatic nitrogens is 1. The molecule has 3 nitrogen and oxygen atoms in total. The van der Waals surface area contributed by atoms with Crippen molar-refractivity contribution in [3.63, 3.8) is 0 Å². The van der Waals surface area contributed by atoms with Crippen LogP contribution >= 0.6 is 22.9 Å². The molecule has 0 unspecified atom stereocenters. The monoisotopic (exact) mass is 315 g/mol. The first-order valence-electron chi connectivity index (χ1n) is 7.11. The van der Waals surface area contributed by atoms with Gasteiger partial charge in [-0.3, -0.25) is 4.79 Å². The Morgan fingerprint density at radius 3 is 2.60 bits per heavy atom. The topological polar surface area (TPSA) is 39.2 Å². The first-order chi connectivity index (χ1) is 9.42. The Labute approximate surface area is 129 Å². The molecule has 0 aliphatic heterocycles. The van der Waals surface area contributed by atoms with E-state index in [-0.39, 0.29) is 17.3 Å². The van der Waals surface area contributed by atoms with Crippen LogP contribution in [-0.2, 0) is 10.3 Å². The van der Waals surface area contributed by atoms with E-state index in [1.807, 2.05) is 6.92 Å². The normalized spacial score (nSPS) is 20.8. The predicted octanol–water partition coefficient (Wildman–Crippen LogP) is 4.40. The lowest BCUT2D eigenvalue weighted by Crippen LogP contribution is -2.37. The first kappa shape index (κ1) is 15.9. The van der Waals surface area contributed by atoms with Crippen molar-refractivity contribution in [3.8, 4) is 0 Å². The Morgan fingerprint density at radius 2 is 2.05 bits per heavy atom. The number of ether oxygens (including phenoxy) is 1. The molecule has 0 bridgehead atoms. The highest BCUT2D eigenvalue weighted by Crippen LogP contribution is 2.48. The van der Waals surface area contributed by atoms with Crippen molar-refractivity contribution in [2.75, 3.05) is 12.5 Å². The second kappa shape index (κ2) is 6.12. The van der Waals surface area contributed by atoms with Crippen molar-refractivity contribution < 1.29 is 9.53 Å². The molecule has 1 aliphatic carbocycles. The molecule has 0 amide bonds. The summed E-state index contributed by atoms with van der Waals surface area (Å²) in [5.74, 6) is -0.130. The van der Waals surface area contributed by atoms with E-state index in [0.29, 0.717) is 17.7 Å². The summed E-state index contributed by atoms with van der Waals surface area (Å²) in [4.78, 5) is 16.1. The molecular formula is C15H22ClNO2S. The molecule has 1 aromatic rings. The SMILES string of the molecule is CCOC1(c2nc(C(=O)CCl)cs2)CCC(C)(C)CC1. The molecule has 2 rings (SSSR count). The minimum Gasteiger partial charge on any atom is -0.368 e. The molecule has 0 aromatic carbocycles. The molecule has 5 heteroatoms. The lowest BCUT2D eigenvalue weighted by Gasteiger charge is -2.42.